The third-order valence-corrected chi connectivity index (χ3v) is 4.96. The topological polar surface area (TPSA) is 94.2 Å². The van der Waals surface area contributed by atoms with Gasteiger partial charge in [-0.3, -0.25) is 4.68 Å². The summed E-state index contributed by atoms with van der Waals surface area (Å²) in [4.78, 5) is 4.66. The fourth-order valence-electron chi connectivity index (χ4n) is 3.21. The van der Waals surface area contributed by atoms with E-state index in [1.807, 2.05) is 18.5 Å². The average Bonchev–Trinajstić information content (AvgIpc) is 3.41. The van der Waals surface area contributed by atoms with E-state index in [1.165, 1.54) is 25.7 Å². The highest BCUT2D eigenvalue weighted by atomic mass is 127. The Labute approximate surface area is 183 Å². The van der Waals surface area contributed by atoms with Gasteiger partial charge in [0, 0.05) is 26.9 Å². The summed E-state index contributed by atoms with van der Waals surface area (Å²) in [5.74, 6) is 2.46. The maximum atomic E-state index is 5.11. The zero-order chi connectivity index (χ0) is 19.1. The van der Waals surface area contributed by atoms with Crippen LogP contribution in [-0.4, -0.2) is 50.8 Å². The largest absolute Gasteiger partial charge is 0.383 e. The van der Waals surface area contributed by atoms with Gasteiger partial charge >= 0.3 is 0 Å². The summed E-state index contributed by atoms with van der Waals surface area (Å²) in [6.45, 7) is 4.30. The van der Waals surface area contributed by atoms with Gasteiger partial charge in [0.1, 0.15) is 5.82 Å². The summed E-state index contributed by atoms with van der Waals surface area (Å²) in [6.07, 6.45) is 7.14. The Morgan fingerprint density at radius 1 is 1.29 bits per heavy atom. The molecule has 28 heavy (non-hydrogen) atoms. The number of halogens is 1. The van der Waals surface area contributed by atoms with Crippen molar-refractivity contribution in [2.24, 2.45) is 12.0 Å². The molecule has 0 bridgehead atoms. The number of guanidine groups is 1. The molecule has 1 saturated carbocycles. The van der Waals surface area contributed by atoms with Crippen LogP contribution >= 0.6 is 24.0 Å². The Bertz CT molecular complexity index is 751. The highest BCUT2D eigenvalue weighted by Gasteiger charge is 2.17. The summed E-state index contributed by atoms with van der Waals surface area (Å²) < 4.78 is 9.18. The van der Waals surface area contributed by atoms with E-state index in [2.05, 4.69) is 42.8 Å². The van der Waals surface area contributed by atoms with E-state index in [0.29, 0.717) is 38.2 Å². The molecule has 2 N–H and O–H groups in total. The lowest BCUT2D eigenvalue weighted by atomic mass is 10.3. The van der Waals surface area contributed by atoms with Crippen LogP contribution in [0.3, 0.4) is 0 Å². The third-order valence-electron chi connectivity index (χ3n) is 4.96. The van der Waals surface area contributed by atoms with Crippen LogP contribution in [0.1, 0.15) is 49.1 Å². The van der Waals surface area contributed by atoms with E-state index in [-0.39, 0.29) is 24.0 Å². The van der Waals surface area contributed by atoms with Crippen LogP contribution in [0.5, 0.6) is 0 Å². The number of aliphatic imine (C=N–C) groups is 1. The van der Waals surface area contributed by atoms with Gasteiger partial charge in [0.05, 0.1) is 31.4 Å². The zero-order valence-corrected chi connectivity index (χ0v) is 19.2. The number of hydrogen-bond acceptors (Lipinski definition) is 5. The van der Waals surface area contributed by atoms with Crippen molar-refractivity contribution in [2.75, 3.05) is 20.3 Å². The molecule has 1 aliphatic carbocycles. The van der Waals surface area contributed by atoms with Crippen molar-refractivity contribution < 1.29 is 4.74 Å². The van der Waals surface area contributed by atoms with Crippen LogP contribution in [0.25, 0.3) is 0 Å². The normalized spacial score (nSPS) is 14.9. The van der Waals surface area contributed by atoms with Crippen LogP contribution in [0.2, 0.25) is 0 Å². The number of methoxy groups -OCH3 is 1. The highest BCUT2D eigenvalue weighted by molar-refractivity contribution is 14.0. The maximum Gasteiger partial charge on any atom is 0.192 e. The zero-order valence-electron chi connectivity index (χ0n) is 16.9. The first-order valence-electron chi connectivity index (χ1n) is 9.57. The Kier molecular flexibility index (Phi) is 9.16. The van der Waals surface area contributed by atoms with Crippen molar-refractivity contribution in [2.45, 2.75) is 51.7 Å². The van der Waals surface area contributed by atoms with Gasteiger partial charge in [-0.15, -0.1) is 34.2 Å². The van der Waals surface area contributed by atoms with Gasteiger partial charge in [0.25, 0.3) is 0 Å². The summed E-state index contributed by atoms with van der Waals surface area (Å²) in [6, 6.07) is 2.61. The summed E-state index contributed by atoms with van der Waals surface area (Å²) in [5.41, 5.74) is 0.976. The Balaban J connectivity index is 0.00000280. The average molecular weight is 502 g/mol. The number of rotatable bonds is 8. The molecule has 2 heterocycles. The van der Waals surface area contributed by atoms with Gasteiger partial charge < -0.3 is 19.9 Å². The molecule has 156 valence electrons. The molecule has 2 aromatic heterocycles. The SMILES string of the molecule is COCCNC(=NCc1ccn(C2CCCC2)n1)NCc1nnc(C)n1C.I. The second-order valence-electron chi connectivity index (χ2n) is 6.89. The first kappa shape index (κ1) is 22.6. The lowest BCUT2D eigenvalue weighted by Crippen LogP contribution is -2.39. The minimum Gasteiger partial charge on any atom is -0.383 e. The lowest BCUT2D eigenvalue weighted by Gasteiger charge is -2.12. The van der Waals surface area contributed by atoms with E-state index in [9.17, 15) is 0 Å². The maximum absolute atomic E-state index is 5.11. The molecule has 1 fully saturated rings. The first-order chi connectivity index (χ1) is 13.2. The Hall–Kier alpha value is -1.69. The number of aryl methyl sites for hydroxylation is 1. The number of hydrogen-bond donors (Lipinski definition) is 2. The van der Waals surface area contributed by atoms with Crippen molar-refractivity contribution in [1.82, 2.24) is 35.2 Å². The molecule has 0 atom stereocenters. The number of ether oxygens (including phenoxy) is 1. The molecule has 3 rings (SSSR count). The predicted molar refractivity (Wildman–Crippen MR) is 119 cm³/mol. The number of nitrogens with one attached hydrogen (secondary N) is 2. The molecule has 10 heteroatoms. The Morgan fingerprint density at radius 3 is 2.75 bits per heavy atom. The Morgan fingerprint density at radius 2 is 2.07 bits per heavy atom. The van der Waals surface area contributed by atoms with E-state index >= 15 is 0 Å². The van der Waals surface area contributed by atoms with Crippen LogP contribution in [-0.2, 0) is 24.9 Å². The minimum atomic E-state index is 0. The van der Waals surface area contributed by atoms with Gasteiger partial charge in [-0.2, -0.15) is 5.10 Å². The minimum absolute atomic E-state index is 0. The molecular weight excluding hydrogens is 471 g/mol. The van der Waals surface area contributed by atoms with Crippen LogP contribution in [0, 0.1) is 6.92 Å². The van der Waals surface area contributed by atoms with Gasteiger partial charge in [-0.1, -0.05) is 12.8 Å². The van der Waals surface area contributed by atoms with Gasteiger partial charge in [-0.25, -0.2) is 4.99 Å². The van der Waals surface area contributed by atoms with Crippen LogP contribution in [0.4, 0.5) is 0 Å². The van der Waals surface area contributed by atoms with Gasteiger partial charge in [0.15, 0.2) is 11.8 Å². The molecule has 0 amide bonds. The second-order valence-corrected chi connectivity index (χ2v) is 6.89. The van der Waals surface area contributed by atoms with Crippen molar-refractivity contribution in [3.63, 3.8) is 0 Å². The highest BCUT2D eigenvalue weighted by Crippen LogP contribution is 2.28. The van der Waals surface area contributed by atoms with Gasteiger partial charge in [0.2, 0.25) is 0 Å². The smallest absolute Gasteiger partial charge is 0.192 e. The number of nitrogens with zero attached hydrogens (tertiary/aromatic N) is 6. The molecule has 0 saturated heterocycles. The van der Waals surface area contributed by atoms with Crippen molar-refractivity contribution in [1.29, 1.82) is 0 Å². The fraction of sp³-hybridized carbons (Fsp3) is 0.667. The molecule has 2 aromatic rings. The first-order valence-corrected chi connectivity index (χ1v) is 9.57. The second kappa shape index (κ2) is 11.3. The summed E-state index contributed by atoms with van der Waals surface area (Å²) in [7, 11) is 3.64. The van der Waals surface area contributed by atoms with Crippen LogP contribution in [0.15, 0.2) is 17.3 Å². The number of aromatic nitrogens is 5. The predicted octanol–water partition coefficient (Wildman–Crippen LogP) is 1.93. The molecule has 0 unspecified atom stereocenters. The van der Waals surface area contributed by atoms with E-state index in [0.717, 1.165) is 17.3 Å². The molecular formula is C18H31IN8O. The van der Waals surface area contributed by atoms with Crippen LogP contribution < -0.4 is 10.6 Å². The quantitative estimate of drug-likeness (QED) is 0.248. The summed E-state index contributed by atoms with van der Waals surface area (Å²) >= 11 is 0. The molecule has 0 aromatic carbocycles. The van der Waals surface area contributed by atoms with E-state index in [4.69, 9.17) is 9.84 Å². The monoisotopic (exact) mass is 502 g/mol. The molecule has 0 spiro atoms. The van der Waals surface area contributed by atoms with Gasteiger partial charge in [-0.05, 0) is 25.8 Å². The lowest BCUT2D eigenvalue weighted by molar-refractivity contribution is 0.203. The summed E-state index contributed by atoms with van der Waals surface area (Å²) in [5, 5.41) is 19.5. The van der Waals surface area contributed by atoms with Crippen molar-refractivity contribution >= 4 is 29.9 Å². The van der Waals surface area contributed by atoms with Crippen molar-refractivity contribution in [3.8, 4) is 0 Å². The van der Waals surface area contributed by atoms with E-state index in [1.54, 1.807) is 7.11 Å². The van der Waals surface area contributed by atoms with Crippen molar-refractivity contribution in [3.05, 3.63) is 29.6 Å². The van der Waals surface area contributed by atoms with E-state index < -0.39 is 0 Å². The fourth-order valence-corrected chi connectivity index (χ4v) is 3.21. The molecule has 1 aliphatic rings. The molecule has 9 nitrogen and oxygen atoms in total. The standard InChI is InChI=1S/C18H30N8O.HI/c1-14-22-23-17(25(14)2)13-21-18(19-9-11-27-3)20-12-15-8-10-26(24-15)16-6-4-5-7-16;/h8,10,16H,4-7,9,11-13H2,1-3H3,(H2,19,20,21);1H. The molecule has 0 aliphatic heterocycles. The third kappa shape index (κ3) is 6.16. The molecule has 0 radical (unpaired) electrons.